The van der Waals surface area contributed by atoms with Crippen molar-refractivity contribution in [1.82, 2.24) is 0 Å². The van der Waals surface area contributed by atoms with E-state index in [9.17, 15) is 21.6 Å². The molecule has 0 saturated carbocycles. The molecule has 0 saturated heterocycles. The highest BCUT2D eigenvalue weighted by Gasteiger charge is 2.34. The van der Waals surface area contributed by atoms with Gasteiger partial charge in [-0.25, -0.2) is 21.6 Å². The Labute approximate surface area is 294 Å². The standard InChI is InChI=1S/C35H42N4O6P2S2/c1-4-45-35(40)28-15-20-33-34(25-28)39(49(43,44)30-18-13-27(3)14-19-30)24-8-22-37(47)32-10-6-5-9-31(32)36(46)21-7-23-38(33)48(41,42)29-16-11-26(2)12-17-29/h5-6,9-20,25H,4,7-8,21-24,46-47H2,1-3H3. The van der Waals surface area contributed by atoms with Crippen molar-refractivity contribution < 1.29 is 26.4 Å². The molecule has 10 nitrogen and oxygen atoms in total. The summed E-state index contributed by atoms with van der Waals surface area (Å²) < 4.78 is 70.1. The number of anilines is 4. The van der Waals surface area contributed by atoms with Crippen LogP contribution in [0.1, 0.15) is 41.3 Å². The summed E-state index contributed by atoms with van der Waals surface area (Å²) in [5, 5.41) is 0. The van der Waals surface area contributed by atoms with E-state index in [4.69, 9.17) is 4.74 Å². The summed E-state index contributed by atoms with van der Waals surface area (Å²) >= 11 is 0. The summed E-state index contributed by atoms with van der Waals surface area (Å²) in [5.41, 5.74) is 3.95. The zero-order valence-corrected chi connectivity index (χ0v) is 31.8. The molecule has 2 atom stereocenters. The van der Waals surface area contributed by atoms with Crippen molar-refractivity contribution >= 4 is 67.5 Å². The first-order valence-electron chi connectivity index (χ1n) is 16.0. The lowest BCUT2D eigenvalue weighted by molar-refractivity contribution is 0.0526. The minimum Gasteiger partial charge on any atom is -0.462 e. The smallest absolute Gasteiger partial charge is 0.338 e. The van der Waals surface area contributed by atoms with Gasteiger partial charge in [0.25, 0.3) is 20.0 Å². The molecular formula is C35H42N4O6P2S2. The maximum atomic E-state index is 14.6. The van der Waals surface area contributed by atoms with Crippen molar-refractivity contribution in [2.75, 3.05) is 50.7 Å². The van der Waals surface area contributed by atoms with E-state index in [-0.39, 0.29) is 46.4 Å². The Kier molecular flexibility index (Phi) is 11.5. The molecule has 14 heteroatoms. The van der Waals surface area contributed by atoms with Crippen LogP contribution in [-0.2, 0) is 24.8 Å². The molecule has 0 amide bonds. The second kappa shape index (κ2) is 15.5. The number of carbonyl (C=O) groups is 1. The lowest BCUT2D eigenvalue weighted by Gasteiger charge is -2.34. The molecule has 0 spiro atoms. The molecule has 1 aliphatic rings. The van der Waals surface area contributed by atoms with Gasteiger partial charge in [-0.2, -0.15) is 0 Å². The third-order valence-electron chi connectivity index (χ3n) is 8.26. The van der Waals surface area contributed by atoms with Crippen LogP contribution in [0.3, 0.4) is 0 Å². The summed E-state index contributed by atoms with van der Waals surface area (Å²) in [7, 11) is -3.00. The minimum absolute atomic E-state index is 0.00837. The number of aryl methyl sites for hydroxylation is 2. The van der Waals surface area contributed by atoms with Crippen molar-refractivity contribution in [2.24, 2.45) is 0 Å². The summed E-state index contributed by atoms with van der Waals surface area (Å²) in [6.07, 6.45) is 0.761. The molecule has 5 rings (SSSR count). The Morgan fingerprint density at radius 3 is 1.53 bits per heavy atom. The van der Waals surface area contributed by atoms with Gasteiger partial charge in [-0.05, 0) is 107 Å². The average molecular weight is 741 g/mol. The highest BCUT2D eigenvalue weighted by atomic mass is 32.2. The number of fused-ring (bicyclic) bond motifs is 2. The third kappa shape index (κ3) is 8.04. The van der Waals surface area contributed by atoms with Crippen LogP contribution in [0.2, 0.25) is 0 Å². The number of nitrogens with zero attached hydrogens (tertiary/aromatic N) is 4. The van der Waals surface area contributed by atoms with Crippen molar-refractivity contribution in [2.45, 2.75) is 43.4 Å². The lowest BCUT2D eigenvalue weighted by Crippen LogP contribution is -2.38. The van der Waals surface area contributed by atoms with E-state index in [0.717, 1.165) is 22.5 Å². The van der Waals surface area contributed by atoms with Crippen LogP contribution in [0.5, 0.6) is 0 Å². The Morgan fingerprint density at radius 1 is 0.633 bits per heavy atom. The normalized spacial score (nSPS) is 14.9. The molecule has 4 aromatic rings. The fourth-order valence-corrected chi connectivity index (χ4v) is 9.48. The molecule has 260 valence electrons. The highest BCUT2D eigenvalue weighted by Crippen LogP contribution is 2.39. The topological polar surface area (TPSA) is 108 Å². The number of esters is 1. The second-order valence-corrected chi connectivity index (χ2v) is 16.8. The van der Waals surface area contributed by atoms with Crippen molar-refractivity contribution in [3.63, 3.8) is 0 Å². The highest BCUT2D eigenvalue weighted by molar-refractivity contribution is 7.93. The van der Waals surface area contributed by atoms with Gasteiger partial charge in [0.05, 0.1) is 44.7 Å². The number of ether oxygens (including phenoxy) is 1. The van der Waals surface area contributed by atoms with Gasteiger partial charge >= 0.3 is 5.97 Å². The number of sulfonamides is 2. The summed E-state index contributed by atoms with van der Waals surface area (Å²) in [5.74, 6) is -0.642. The van der Waals surface area contributed by atoms with Gasteiger partial charge in [0.1, 0.15) is 0 Å². The zero-order valence-electron chi connectivity index (χ0n) is 27.8. The zero-order chi connectivity index (χ0) is 35.3. The molecule has 0 N–H and O–H groups in total. The van der Waals surface area contributed by atoms with Crippen LogP contribution >= 0.6 is 18.8 Å². The van der Waals surface area contributed by atoms with Gasteiger partial charge in [-0.15, -0.1) is 0 Å². The fraction of sp³-hybridized carbons (Fsp3) is 0.286. The van der Waals surface area contributed by atoms with Gasteiger partial charge in [0, 0.05) is 26.2 Å². The van der Waals surface area contributed by atoms with Crippen LogP contribution in [0.25, 0.3) is 0 Å². The van der Waals surface area contributed by atoms with E-state index in [1.165, 1.54) is 38.9 Å². The molecule has 49 heavy (non-hydrogen) atoms. The van der Waals surface area contributed by atoms with E-state index in [1.54, 1.807) is 43.3 Å². The largest absolute Gasteiger partial charge is 0.462 e. The minimum atomic E-state index is -4.26. The Morgan fingerprint density at radius 2 is 1.08 bits per heavy atom. The lowest BCUT2D eigenvalue weighted by atomic mass is 10.1. The van der Waals surface area contributed by atoms with Gasteiger partial charge in [0.2, 0.25) is 0 Å². The predicted molar refractivity (Wildman–Crippen MR) is 204 cm³/mol. The molecule has 0 radical (unpaired) electrons. The predicted octanol–water partition coefficient (Wildman–Crippen LogP) is 6.56. The van der Waals surface area contributed by atoms with E-state index in [2.05, 4.69) is 18.8 Å². The molecule has 1 aliphatic heterocycles. The molecule has 0 aliphatic carbocycles. The number of hydrogen-bond donors (Lipinski definition) is 0. The number of rotatable bonds is 6. The van der Waals surface area contributed by atoms with Crippen molar-refractivity contribution in [3.05, 3.63) is 108 Å². The molecular weight excluding hydrogens is 698 g/mol. The summed E-state index contributed by atoms with van der Waals surface area (Å²) in [6, 6.07) is 25.4. The Balaban J connectivity index is 1.75. The third-order valence-corrected chi connectivity index (χ3v) is 13.0. The van der Waals surface area contributed by atoms with E-state index < -0.39 is 26.0 Å². The Hall–Kier alpha value is -3.69. The van der Waals surface area contributed by atoms with Crippen molar-refractivity contribution in [3.8, 4) is 0 Å². The van der Waals surface area contributed by atoms with Gasteiger partial charge in [-0.3, -0.25) is 8.61 Å². The summed E-state index contributed by atoms with van der Waals surface area (Å²) in [6.45, 7) is 6.49. The molecule has 4 aromatic carbocycles. The molecule has 1 heterocycles. The molecule has 0 aromatic heterocycles. The number of hydrogen-bond acceptors (Lipinski definition) is 8. The first-order chi connectivity index (χ1) is 23.3. The Bertz CT molecular complexity index is 2010. The second-order valence-electron chi connectivity index (χ2n) is 11.8. The van der Waals surface area contributed by atoms with Gasteiger partial charge in [0.15, 0.2) is 0 Å². The monoisotopic (exact) mass is 740 g/mol. The quantitative estimate of drug-likeness (QED) is 0.162. The van der Waals surface area contributed by atoms with Crippen LogP contribution in [-0.4, -0.2) is 55.6 Å². The number of para-hydroxylation sites is 2. The van der Waals surface area contributed by atoms with Gasteiger partial charge in [-0.1, -0.05) is 47.5 Å². The summed E-state index contributed by atoms with van der Waals surface area (Å²) in [4.78, 5) is 13.2. The van der Waals surface area contributed by atoms with Crippen LogP contribution in [0, 0.1) is 13.8 Å². The number of carbonyl (C=O) groups excluding carboxylic acids is 1. The average Bonchev–Trinajstić information content (AvgIpc) is 3.08. The number of benzene rings is 4. The SMILES string of the molecule is CCOC(=O)c1ccc2c(c1)N(S(=O)(=O)c1ccc(C)cc1)CCCN(P)c1ccccc1N(P)CCCN2S(=O)(=O)c1ccc(C)cc1. The fourth-order valence-electron chi connectivity index (χ4n) is 5.65. The van der Waals surface area contributed by atoms with Crippen LogP contribution in [0.15, 0.2) is 101 Å². The van der Waals surface area contributed by atoms with Crippen molar-refractivity contribution in [1.29, 1.82) is 0 Å². The van der Waals surface area contributed by atoms with E-state index >= 15 is 0 Å². The molecule has 0 bridgehead atoms. The molecule has 2 unspecified atom stereocenters. The maximum absolute atomic E-state index is 14.6. The van der Waals surface area contributed by atoms with E-state index in [0.29, 0.717) is 25.9 Å². The van der Waals surface area contributed by atoms with E-state index in [1.807, 2.05) is 47.5 Å². The first-order valence-corrected chi connectivity index (χ1v) is 19.9. The van der Waals surface area contributed by atoms with Crippen LogP contribution < -0.4 is 18.0 Å². The maximum Gasteiger partial charge on any atom is 0.338 e. The van der Waals surface area contributed by atoms with Gasteiger partial charge < -0.3 is 14.1 Å². The molecule has 0 fully saturated rings. The first kappa shape index (κ1) is 36.6. The van der Waals surface area contributed by atoms with Crippen LogP contribution in [0.4, 0.5) is 22.7 Å².